The average molecular weight is 644 g/mol. The fourth-order valence-electron chi connectivity index (χ4n) is 4.39. The third-order valence-corrected chi connectivity index (χ3v) is 7.48. The summed E-state index contributed by atoms with van der Waals surface area (Å²) in [6.45, 7) is 6.29. The molecule has 0 radical (unpaired) electrons. The number of hydrogen-bond acceptors (Lipinski definition) is 7. The molecular weight excluding hydrogens is 619 g/mol. The standard InChI is InChI=1S/C28H25BrCl2N6O3/c1-4-39-23-12-18(11-21(29)26(23)40-14-17-7-8-19(30)13-22(17)31)25-24(16(3)32-28-34-35-36-37(25)28)27(38)33-20-9-5-15(2)6-10-20/h5-13,25H,4,14H2,1-3H3,(H,33,38)(H,32,34,36). The van der Waals surface area contributed by atoms with Gasteiger partial charge in [-0.2, -0.15) is 4.68 Å². The minimum atomic E-state index is -0.646. The van der Waals surface area contributed by atoms with Crippen LogP contribution in [0.2, 0.25) is 10.0 Å². The highest BCUT2D eigenvalue weighted by atomic mass is 79.9. The van der Waals surface area contributed by atoms with Crippen LogP contribution in [-0.2, 0) is 11.4 Å². The van der Waals surface area contributed by atoms with Gasteiger partial charge in [0.25, 0.3) is 5.91 Å². The van der Waals surface area contributed by atoms with E-state index in [1.54, 1.807) is 16.8 Å². The van der Waals surface area contributed by atoms with Crippen LogP contribution in [0.15, 0.2) is 70.3 Å². The first-order valence-electron chi connectivity index (χ1n) is 12.4. The van der Waals surface area contributed by atoms with Gasteiger partial charge < -0.3 is 20.1 Å². The topological polar surface area (TPSA) is 103 Å². The molecule has 0 saturated carbocycles. The summed E-state index contributed by atoms with van der Waals surface area (Å²) >= 11 is 16.0. The number of carbonyl (C=O) groups excluding carboxylic acids is 1. The molecule has 1 atom stereocenters. The molecule has 1 aliphatic heterocycles. The Morgan fingerprint density at radius 2 is 1.88 bits per heavy atom. The minimum Gasteiger partial charge on any atom is -0.490 e. The smallest absolute Gasteiger partial charge is 0.255 e. The molecule has 3 aromatic carbocycles. The van der Waals surface area contributed by atoms with E-state index in [0.717, 1.165) is 16.7 Å². The van der Waals surface area contributed by atoms with E-state index in [9.17, 15) is 4.79 Å². The number of halogens is 3. The molecule has 2 heterocycles. The maximum absolute atomic E-state index is 13.7. The monoisotopic (exact) mass is 642 g/mol. The second-order valence-corrected chi connectivity index (χ2v) is 10.8. The van der Waals surface area contributed by atoms with Gasteiger partial charge in [-0.3, -0.25) is 4.79 Å². The lowest BCUT2D eigenvalue weighted by molar-refractivity contribution is -0.113. The van der Waals surface area contributed by atoms with E-state index in [2.05, 4.69) is 42.1 Å². The lowest BCUT2D eigenvalue weighted by atomic mass is 9.94. The lowest BCUT2D eigenvalue weighted by Gasteiger charge is -2.28. The molecule has 5 rings (SSSR count). The van der Waals surface area contributed by atoms with Crippen molar-refractivity contribution in [1.82, 2.24) is 20.2 Å². The number of fused-ring (bicyclic) bond motifs is 1. The van der Waals surface area contributed by atoms with Crippen LogP contribution in [0.5, 0.6) is 11.5 Å². The Bertz CT molecular complexity index is 1610. The van der Waals surface area contributed by atoms with Crippen molar-refractivity contribution < 1.29 is 14.3 Å². The molecule has 206 valence electrons. The van der Waals surface area contributed by atoms with E-state index in [0.29, 0.717) is 55.5 Å². The number of hydrogen-bond donors (Lipinski definition) is 2. The Hall–Kier alpha value is -3.60. The molecule has 0 fully saturated rings. The van der Waals surface area contributed by atoms with Gasteiger partial charge in [0.1, 0.15) is 12.6 Å². The number of aryl methyl sites for hydroxylation is 1. The predicted molar refractivity (Wildman–Crippen MR) is 158 cm³/mol. The van der Waals surface area contributed by atoms with E-state index < -0.39 is 6.04 Å². The number of anilines is 2. The summed E-state index contributed by atoms with van der Waals surface area (Å²) in [5, 5.41) is 19.3. The molecule has 4 aromatic rings. The van der Waals surface area contributed by atoms with Gasteiger partial charge in [-0.25, -0.2) is 0 Å². The summed E-state index contributed by atoms with van der Waals surface area (Å²) in [5.74, 6) is 1.11. The number of rotatable bonds is 8. The quantitative estimate of drug-likeness (QED) is 0.214. The average Bonchev–Trinajstić information content (AvgIpc) is 3.37. The molecular formula is C28H25BrCl2N6O3. The van der Waals surface area contributed by atoms with Gasteiger partial charge in [0.2, 0.25) is 5.95 Å². The summed E-state index contributed by atoms with van der Waals surface area (Å²) in [6, 6.07) is 15.9. The van der Waals surface area contributed by atoms with Crippen molar-refractivity contribution in [2.45, 2.75) is 33.4 Å². The van der Waals surface area contributed by atoms with Crippen molar-refractivity contribution in [3.8, 4) is 11.5 Å². The predicted octanol–water partition coefficient (Wildman–Crippen LogP) is 6.96. The van der Waals surface area contributed by atoms with Crippen LogP contribution in [0.4, 0.5) is 11.6 Å². The number of allylic oxidation sites excluding steroid dienone is 1. The van der Waals surface area contributed by atoms with Crippen LogP contribution >= 0.6 is 39.1 Å². The number of carbonyl (C=O) groups is 1. The number of amides is 1. The van der Waals surface area contributed by atoms with Crippen molar-refractivity contribution >= 4 is 56.7 Å². The zero-order valence-corrected chi connectivity index (χ0v) is 24.9. The SMILES string of the molecule is CCOc1cc(C2C(C(=O)Nc3ccc(C)cc3)=C(C)Nc3nnnn32)cc(Br)c1OCc1ccc(Cl)cc1Cl. The summed E-state index contributed by atoms with van der Waals surface area (Å²) in [7, 11) is 0. The number of benzene rings is 3. The van der Waals surface area contributed by atoms with E-state index in [1.807, 2.05) is 63.2 Å². The van der Waals surface area contributed by atoms with Crippen LogP contribution < -0.4 is 20.1 Å². The van der Waals surface area contributed by atoms with Gasteiger partial charge in [-0.15, -0.1) is 0 Å². The van der Waals surface area contributed by atoms with E-state index >= 15 is 0 Å². The highest BCUT2D eigenvalue weighted by Gasteiger charge is 2.35. The number of nitrogens with one attached hydrogen (secondary N) is 2. The van der Waals surface area contributed by atoms with Gasteiger partial charge >= 0.3 is 0 Å². The van der Waals surface area contributed by atoms with Crippen LogP contribution in [0.3, 0.4) is 0 Å². The molecule has 12 heteroatoms. The first kappa shape index (κ1) is 27.9. The molecule has 9 nitrogen and oxygen atoms in total. The molecule has 2 N–H and O–H groups in total. The number of nitrogens with zero attached hydrogens (tertiary/aromatic N) is 4. The summed E-state index contributed by atoms with van der Waals surface area (Å²) in [4.78, 5) is 13.7. The maximum atomic E-state index is 13.7. The second kappa shape index (κ2) is 11.9. The van der Waals surface area contributed by atoms with Crippen molar-refractivity contribution in [2.75, 3.05) is 17.2 Å². The van der Waals surface area contributed by atoms with E-state index in [4.69, 9.17) is 32.7 Å². The van der Waals surface area contributed by atoms with Gasteiger partial charge in [0, 0.05) is 27.0 Å². The second-order valence-electron chi connectivity index (χ2n) is 9.12. The number of ether oxygens (including phenoxy) is 2. The molecule has 1 unspecified atom stereocenters. The maximum Gasteiger partial charge on any atom is 0.255 e. The first-order valence-corrected chi connectivity index (χ1v) is 14.0. The Labute approximate surface area is 249 Å². The Morgan fingerprint density at radius 1 is 1.10 bits per heavy atom. The molecule has 0 spiro atoms. The van der Waals surface area contributed by atoms with Gasteiger partial charge in [-0.05, 0) is 89.1 Å². The Balaban J connectivity index is 1.52. The molecule has 40 heavy (non-hydrogen) atoms. The molecule has 0 saturated heterocycles. The van der Waals surface area contributed by atoms with Crippen LogP contribution in [-0.4, -0.2) is 32.7 Å². The van der Waals surface area contributed by atoms with Gasteiger partial charge in [0.05, 0.1) is 16.7 Å². The highest BCUT2D eigenvalue weighted by Crippen LogP contribution is 2.43. The Kier molecular flexibility index (Phi) is 8.30. The summed E-state index contributed by atoms with van der Waals surface area (Å²) in [5.41, 5.74) is 4.35. The van der Waals surface area contributed by atoms with Crippen LogP contribution in [0.25, 0.3) is 0 Å². The van der Waals surface area contributed by atoms with Crippen LogP contribution in [0.1, 0.15) is 36.6 Å². The van der Waals surface area contributed by atoms with Crippen molar-refractivity contribution in [3.63, 3.8) is 0 Å². The first-order chi connectivity index (χ1) is 19.2. The van der Waals surface area contributed by atoms with Crippen molar-refractivity contribution in [1.29, 1.82) is 0 Å². The van der Waals surface area contributed by atoms with Gasteiger partial charge in [0.15, 0.2) is 11.5 Å². The summed E-state index contributed by atoms with van der Waals surface area (Å²) in [6.07, 6.45) is 0. The highest BCUT2D eigenvalue weighted by molar-refractivity contribution is 9.10. The zero-order chi connectivity index (χ0) is 28.4. The normalized spacial score (nSPS) is 14.4. The fourth-order valence-corrected chi connectivity index (χ4v) is 5.42. The number of aromatic nitrogens is 4. The van der Waals surface area contributed by atoms with Crippen molar-refractivity contribution in [2.24, 2.45) is 0 Å². The fraction of sp³-hybridized carbons (Fsp3) is 0.214. The molecule has 1 aliphatic rings. The Morgan fingerprint density at radius 3 is 2.60 bits per heavy atom. The van der Waals surface area contributed by atoms with E-state index in [-0.39, 0.29) is 12.5 Å². The zero-order valence-electron chi connectivity index (χ0n) is 21.8. The third kappa shape index (κ3) is 5.79. The third-order valence-electron chi connectivity index (χ3n) is 6.30. The van der Waals surface area contributed by atoms with Gasteiger partial charge in [-0.1, -0.05) is 52.1 Å². The van der Waals surface area contributed by atoms with E-state index in [1.165, 1.54) is 0 Å². The minimum absolute atomic E-state index is 0.196. The molecule has 0 aliphatic carbocycles. The largest absolute Gasteiger partial charge is 0.490 e. The lowest BCUT2D eigenvalue weighted by Crippen LogP contribution is -2.31. The molecule has 1 aromatic heterocycles. The summed E-state index contributed by atoms with van der Waals surface area (Å²) < 4.78 is 14.3. The number of tetrazole rings is 1. The van der Waals surface area contributed by atoms with Crippen molar-refractivity contribution in [3.05, 3.63) is 97.1 Å². The van der Waals surface area contributed by atoms with Crippen LogP contribution in [0, 0.1) is 6.92 Å². The molecule has 1 amide bonds. The molecule has 0 bridgehead atoms.